The molecule has 2 aromatic carbocycles. The number of carbonyl (C=O) groups is 3. The average molecular weight is 647 g/mol. The first-order chi connectivity index (χ1) is 22.0. The first-order valence-electron chi connectivity index (χ1n) is 15.2. The highest BCUT2D eigenvalue weighted by Gasteiger charge is 2.42. The minimum Gasteiger partial charge on any atom is -0.356 e. The number of nitrogens with zero attached hydrogens (tertiary/aromatic N) is 4. The summed E-state index contributed by atoms with van der Waals surface area (Å²) in [5, 5.41) is 26.8. The summed E-state index contributed by atoms with van der Waals surface area (Å²) >= 11 is 8.80. The van der Waals surface area contributed by atoms with E-state index in [9.17, 15) is 14.4 Å². The van der Waals surface area contributed by atoms with Gasteiger partial charge in [0.05, 0.1) is 22.5 Å². The molecule has 0 saturated carbocycles. The summed E-state index contributed by atoms with van der Waals surface area (Å²) in [4.78, 5) is 36.7. The smallest absolute Gasteiger partial charge is 0.315 e. The SMILES string of the molecule is O=C(CCCCC1SCC2NC(=O)NC21)NCCCNC(=O)Cn1nc(-c2ccccc2)c2c(Cl)c(-c3ccccc3)nnc21. The van der Waals surface area contributed by atoms with Crippen molar-refractivity contribution in [1.82, 2.24) is 41.2 Å². The molecule has 4 amide bonds. The normalized spacial score (nSPS) is 18.8. The van der Waals surface area contributed by atoms with Crippen molar-refractivity contribution in [2.45, 2.75) is 56.0 Å². The van der Waals surface area contributed by atoms with Crippen LogP contribution in [0.2, 0.25) is 5.02 Å². The first kappa shape index (κ1) is 30.8. The number of rotatable bonds is 13. The summed E-state index contributed by atoms with van der Waals surface area (Å²) in [7, 11) is 0. The van der Waals surface area contributed by atoms with Gasteiger partial charge in [-0.3, -0.25) is 9.59 Å². The van der Waals surface area contributed by atoms with Gasteiger partial charge in [-0.05, 0) is 19.3 Å². The van der Waals surface area contributed by atoms with Crippen molar-refractivity contribution in [3.05, 3.63) is 65.7 Å². The number of urea groups is 1. The molecule has 2 fully saturated rings. The number of unbranched alkanes of at least 4 members (excludes halogenated alkanes) is 1. The van der Waals surface area contributed by atoms with E-state index in [-0.39, 0.29) is 36.5 Å². The fourth-order valence-electron chi connectivity index (χ4n) is 5.80. The molecule has 13 heteroatoms. The van der Waals surface area contributed by atoms with E-state index in [1.54, 1.807) is 0 Å². The fraction of sp³-hybridized carbons (Fsp3) is 0.375. The number of aromatic nitrogens is 4. The standard InChI is InChI=1S/C32H35ClN8O3S/c33-27-26-28(20-10-3-1-4-11-20)40-41(31(26)39-38-29(27)21-12-5-2-6-13-21)18-25(43)35-17-9-16-34-24(42)15-8-7-14-23-30-22(19-45-23)36-32(44)37-30/h1-6,10-13,22-23,30H,7-9,14-19H2,(H,34,42)(H,35,43)(H2,36,37,44). The lowest BCUT2D eigenvalue weighted by molar-refractivity contribution is -0.121. The molecule has 4 N–H and O–H groups in total. The van der Waals surface area contributed by atoms with Gasteiger partial charge in [0, 0.05) is 41.6 Å². The Morgan fingerprint density at radius 3 is 2.31 bits per heavy atom. The van der Waals surface area contributed by atoms with Crippen molar-refractivity contribution in [2.24, 2.45) is 0 Å². The number of hydrogen-bond donors (Lipinski definition) is 4. The maximum absolute atomic E-state index is 12.9. The summed E-state index contributed by atoms with van der Waals surface area (Å²) in [6, 6.07) is 19.6. The predicted molar refractivity (Wildman–Crippen MR) is 176 cm³/mol. The Balaban J connectivity index is 0.974. The van der Waals surface area contributed by atoms with E-state index in [1.165, 1.54) is 4.68 Å². The monoisotopic (exact) mass is 646 g/mol. The van der Waals surface area contributed by atoms with Gasteiger partial charge in [0.15, 0.2) is 5.65 Å². The summed E-state index contributed by atoms with van der Waals surface area (Å²) < 4.78 is 1.53. The van der Waals surface area contributed by atoms with Crippen LogP contribution in [-0.4, -0.2) is 74.0 Å². The highest BCUT2D eigenvalue weighted by atomic mass is 35.5. The van der Waals surface area contributed by atoms with Crippen LogP contribution >= 0.6 is 23.4 Å². The second-order valence-corrected chi connectivity index (χ2v) is 12.9. The zero-order valence-corrected chi connectivity index (χ0v) is 26.2. The molecule has 4 heterocycles. The van der Waals surface area contributed by atoms with Gasteiger partial charge in [-0.15, -0.1) is 10.2 Å². The predicted octanol–water partition coefficient (Wildman–Crippen LogP) is 4.16. The van der Waals surface area contributed by atoms with Gasteiger partial charge in [-0.25, -0.2) is 9.48 Å². The zero-order valence-electron chi connectivity index (χ0n) is 24.7. The second-order valence-electron chi connectivity index (χ2n) is 11.2. The number of carbonyl (C=O) groups excluding carboxylic acids is 3. The Hall–Kier alpha value is -4.16. The third kappa shape index (κ3) is 7.23. The zero-order chi connectivity index (χ0) is 31.2. The Kier molecular flexibility index (Phi) is 9.80. The van der Waals surface area contributed by atoms with E-state index in [2.05, 4.69) is 31.5 Å². The van der Waals surface area contributed by atoms with Crippen LogP contribution in [0.3, 0.4) is 0 Å². The molecule has 2 saturated heterocycles. The topological polar surface area (TPSA) is 143 Å². The van der Waals surface area contributed by atoms with Gasteiger partial charge in [-0.2, -0.15) is 16.9 Å². The molecule has 6 rings (SSSR count). The lowest BCUT2D eigenvalue weighted by atomic mass is 10.0. The second kappa shape index (κ2) is 14.3. The number of thioether (sulfide) groups is 1. The summed E-state index contributed by atoms with van der Waals surface area (Å²) in [5.41, 5.74) is 3.31. The minimum atomic E-state index is -0.226. The van der Waals surface area contributed by atoms with E-state index < -0.39 is 0 Å². The fourth-order valence-corrected chi connectivity index (χ4v) is 7.67. The van der Waals surface area contributed by atoms with E-state index in [1.807, 2.05) is 72.4 Å². The molecule has 4 aromatic rings. The number of benzene rings is 2. The molecule has 2 aromatic heterocycles. The Morgan fingerprint density at radius 1 is 0.889 bits per heavy atom. The lowest BCUT2D eigenvalue weighted by Crippen LogP contribution is -2.36. The van der Waals surface area contributed by atoms with Crippen molar-refractivity contribution in [3.8, 4) is 22.5 Å². The van der Waals surface area contributed by atoms with Gasteiger partial charge in [0.1, 0.15) is 17.9 Å². The van der Waals surface area contributed by atoms with Gasteiger partial charge in [0.25, 0.3) is 0 Å². The van der Waals surface area contributed by atoms with E-state index >= 15 is 0 Å². The van der Waals surface area contributed by atoms with Gasteiger partial charge < -0.3 is 21.3 Å². The van der Waals surface area contributed by atoms with Crippen LogP contribution in [0.25, 0.3) is 33.5 Å². The molecule has 234 valence electrons. The molecule has 0 bridgehead atoms. The Morgan fingerprint density at radius 2 is 1.58 bits per heavy atom. The average Bonchev–Trinajstić information content (AvgIpc) is 3.73. The largest absolute Gasteiger partial charge is 0.356 e. The molecule has 3 atom stereocenters. The van der Waals surface area contributed by atoms with Crippen LogP contribution in [0.1, 0.15) is 32.1 Å². The van der Waals surface area contributed by atoms with Gasteiger partial charge in [0.2, 0.25) is 11.8 Å². The van der Waals surface area contributed by atoms with Crippen LogP contribution in [0.5, 0.6) is 0 Å². The van der Waals surface area contributed by atoms with Crippen molar-refractivity contribution < 1.29 is 14.4 Å². The number of nitrogens with one attached hydrogen (secondary N) is 4. The van der Waals surface area contributed by atoms with Crippen molar-refractivity contribution >= 4 is 52.2 Å². The first-order valence-corrected chi connectivity index (χ1v) is 16.7. The quantitative estimate of drug-likeness (QED) is 0.126. The molecule has 2 aliphatic rings. The van der Waals surface area contributed by atoms with E-state index in [4.69, 9.17) is 16.7 Å². The summed E-state index contributed by atoms with van der Waals surface area (Å²) in [6.45, 7) is 0.840. The highest BCUT2D eigenvalue weighted by Crippen LogP contribution is 2.37. The maximum Gasteiger partial charge on any atom is 0.315 e. The molecule has 3 unspecified atom stereocenters. The molecule has 0 aliphatic carbocycles. The number of fused-ring (bicyclic) bond motifs is 2. The summed E-state index contributed by atoms with van der Waals surface area (Å²) in [6.07, 6.45) is 3.80. The van der Waals surface area contributed by atoms with Crippen LogP contribution in [0.15, 0.2) is 60.7 Å². The van der Waals surface area contributed by atoms with E-state index in [0.29, 0.717) is 58.6 Å². The third-order valence-corrected chi connectivity index (χ3v) is 9.94. The van der Waals surface area contributed by atoms with Crippen LogP contribution in [0, 0.1) is 0 Å². The van der Waals surface area contributed by atoms with Crippen LogP contribution in [0.4, 0.5) is 4.79 Å². The molecule has 0 spiro atoms. The molecule has 2 aliphatic heterocycles. The maximum atomic E-state index is 12.9. The number of amides is 4. The van der Waals surface area contributed by atoms with Crippen LogP contribution in [-0.2, 0) is 16.1 Å². The van der Waals surface area contributed by atoms with Crippen LogP contribution < -0.4 is 21.3 Å². The molecule has 11 nitrogen and oxygen atoms in total. The van der Waals surface area contributed by atoms with E-state index in [0.717, 1.165) is 36.1 Å². The highest BCUT2D eigenvalue weighted by molar-refractivity contribution is 8.00. The van der Waals surface area contributed by atoms with Gasteiger partial charge >= 0.3 is 6.03 Å². The molecular weight excluding hydrogens is 612 g/mol. The van der Waals surface area contributed by atoms with Gasteiger partial charge in [-0.1, -0.05) is 78.7 Å². The third-order valence-electron chi connectivity index (χ3n) is 8.06. The number of halogens is 1. The molecule has 0 radical (unpaired) electrons. The molecular formula is C32H35ClN8O3S. The van der Waals surface area contributed by atoms with Crippen molar-refractivity contribution in [2.75, 3.05) is 18.8 Å². The summed E-state index contributed by atoms with van der Waals surface area (Å²) in [5.74, 6) is 0.725. The van der Waals surface area contributed by atoms with Crippen molar-refractivity contribution in [3.63, 3.8) is 0 Å². The Labute approximate surface area is 270 Å². The lowest BCUT2D eigenvalue weighted by Gasteiger charge is -2.16. The Bertz CT molecular complexity index is 1670. The number of hydrogen-bond acceptors (Lipinski definition) is 7. The molecule has 45 heavy (non-hydrogen) atoms. The minimum absolute atomic E-state index is 0.0101. The van der Waals surface area contributed by atoms with Crippen molar-refractivity contribution in [1.29, 1.82) is 0 Å².